The summed E-state index contributed by atoms with van der Waals surface area (Å²) in [5, 5.41) is 4.27. The Balaban J connectivity index is 1.47. The summed E-state index contributed by atoms with van der Waals surface area (Å²) in [6.45, 7) is 2.87. The molecule has 2 aromatic rings. The summed E-state index contributed by atoms with van der Waals surface area (Å²) in [6.07, 6.45) is -4.39. The lowest BCUT2D eigenvalue weighted by Gasteiger charge is -2.27. The minimum Gasteiger partial charge on any atom is -0.378 e. The van der Waals surface area contributed by atoms with Crippen LogP contribution in [0.25, 0.3) is 0 Å². The molecule has 0 aliphatic carbocycles. The summed E-state index contributed by atoms with van der Waals surface area (Å²) < 4.78 is 44.8. The highest BCUT2D eigenvalue weighted by molar-refractivity contribution is 5.98. The second-order valence-corrected chi connectivity index (χ2v) is 6.96. The van der Waals surface area contributed by atoms with Gasteiger partial charge in [0.25, 0.3) is 11.8 Å². The van der Waals surface area contributed by atoms with Crippen LogP contribution in [-0.4, -0.2) is 64.2 Å². The minimum absolute atomic E-state index is 0.189. The predicted octanol–water partition coefficient (Wildman–Crippen LogP) is 2.03. The van der Waals surface area contributed by atoms with Crippen LogP contribution in [0.3, 0.4) is 0 Å². The van der Waals surface area contributed by atoms with Crippen LogP contribution < -0.4 is 0 Å². The number of halogens is 3. The molecule has 2 aliphatic heterocycles. The summed E-state index contributed by atoms with van der Waals surface area (Å²) >= 11 is 0. The summed E-state index contributed by atoms with van der Waals surface area (Å²) in [5.41, 5.74) is 0.394. The Kier molecular flexibility index (Phi) is 5.03. The van der Waals surface area contributed by atoms with E-state index in [0.717, 1.165) is 12.1 Å². The third kappa shape index (κ3) is 3.98. The smallest absolute Gasteiger partial charge is 0.378 e. The molecule has 4 rings (SSSR count). The second-order valence-electron chi connectivity index (χ2n) is 6.96. The number of nitrogens with zero attached hydrogens (tertiary/aromatic N) is 4. The van der Waals surface area contributed by atoms with E-state index in [4.69, 9.17) is 4.74 Å². The van der Waals surface area contributed by atoms with Crippen molar-refractivity contribution in [2.45, 2.75) is 19.3 Å². The summed E-state index contributed by atoms with van der Waals surface area (Å²) in [4.78, 5) is 28.6. The van der Waals surface area contributed by atoms with Gasteiger partial charge in [-0.05, 0) is 17.7 Å². The number of morpholine rings is 1. The number of fused-ring (bicyclic) bond motifs is 1. The van der Waals surface area contributed by atoms with Gasteiger partial charge in [0.1, 0.15) is 5.69 Å². The van der Waals surface area contributed by atoms with Crippen LogP contribution in [0.4, 0.5) is 13.2 Å². The fourth-order valence-corrected chi connectivity index (χ4v) is 3.44. The molecule has 1 saturated heterocycles. The normalized spacial score (nSPS) is 17.4. The zero-order chi connectivity index (χ0) is 20.6. The monoisotopic (exact) mass is 408 g/mol. The first-order chi connectivity index (χ1) is 13.8. The van der Waals surface area contributed by atoms with Crippen molar-refractivity contribution >= 4 is 11.8 Å². The maximum Gasteiger partial charge on any atom is 0.416 e. The molecule has 154 valence electrons. The molecule has 0 N–H and O–H groups in total. The second kappa shape index (κ2) is 7.51. The maximum atomic E-state index is 12.8. The third-order valence-electron chi connectivity index (χ3n) is 5.04. The van der Waals surface area contributed by atoms with Gasteiger partial charge >= 0.3 is 6.18 Å². The lowest BCUT2D eigenvalue weighted by Crippen LogP contribution is -2.41. The molecule has 7 nitrogen and oxygen atoms in total. The Hall–Kier alpha value is -2.88. The van der Waals surface area contributed by atoms with E-state index in [1.165, 1.54) is 22.9 Å². The van der Waals surface area contributed by atoms with Gasteiger partial charge in [0.15, 0.2) is 5.69 Å². The van der Waals surface area contributed by atoms with E-state index in [9.17, 15) is 22.8 Å². The fourth-order valence-electron chi connectivity index (χ4n) is 3.44. The first-order valence-corrected chi connectivity index (χ1v) is 9.23. The van der Waals surface area contributed by atoms with Crippen LogP contribution in [0.2, 0.25) is 0 Å². The number of hydrogen-bond acceptors (Lipinski definition) is 4. The molecule has 2 aliphatic rings. The van der Waals surface area contributed by atoms with Gasteiger partial charge in [-0.25, -0.2) is 0 Å². The van der Waals surface area contributed by atoms with Crippen molar-refractivity contribution in [2.75, 3.05) is 32.8 Å². The molecule has 1 aromatic carbocycles. The van der Waals surface area contributed by atoms with Crippen molar-refractivity contribution in [1.29, 1.82) is 0 Å². The number of ether oxygens (including phenoxy) is 1. The number of aromatic nitrogens is 2. The summed E-state index contributed by atoms with van der Waals surface area (Å²) in [6, 6.07) is 6.24. The van der Waals surface area contributed by atoms with E-state index in [-0.39, 0.29) is 24.1 Å². The van der Waals surface area contributed by atoms with Gasteiger partial charge in [0.05, 0.1) is 25.3 Å². The zero-order valence-corrected chi connectivity index (χ0v) is 15.5. The van der Waals surface area contributed by atoms with Crippen molar-refractivity contribution in [2.24, 2.45) is 0 Å². The lowest BCUT2D eigenvalue weighted by molar-refractivity contribution is -0.137. The Morgan fingerprint density at radius 2 is 1.76 bits per heavy atom. The van der Waals surface area contributed by atoms with E-state index < -0.39 is 11.7 Å². The Morgan fingerprint density at radius 1 is 1.07 bits per heavy atom. The largest absolute Gasteiger partial charge is 0.416 e. The number of alkyl halides is 3. The molecule has 0 atom stereocenters. The van der Waals surface area contributed by atoms with Gasteiger partial charge in [0.2, 0.25) is 0 Å². The SMILES string of the molecule is O=C(c1cc2n(n1)CCN(Cc1ccc(C(F)(F)F)cc1)C2=O)N1CCOCC1. The maximum absolute atomic E-state index is 12.8. The van der Waals surface area contributed by atoms with E-state index in [0.29, 0.717) is 50.7 Å². The van der Waals surface area contributed by atoms with Gasteiger partial charge in [0, 0.05) is 32.2 Å². The highest BCUT2D eigenvalue weighted by Gasteiger charge is 2.31. The van der Waals surface area contributed by atoms with E-state index in [2.05, 4.69) is 5.10 Å². The van der Waals surface area contributed by atoms with E-state index in [1.54, 1.807) is 9.80 Å². The molecule has 3 heterocycles. The van der Waals surface area contributed by atoms with Crippen LogP contribution in [0.5, 0.6) is 0 Å². The molecule has 0 radical (unpaired) electrons. The first kappa shape index (κ1) is 19.4. The third-order valence-corrected chi connectivity index (χ3v) is 5.04. The first-order valence-electron chi connectivity index (χ1n) is 9.23. The van der Waals surface area contributed by atoms with Crippen molar-refractivity contribution < 1.29 is 27.5 Å². The average molecular weight is 408 g/mol. The van der Waals surface area contributed by atoms with Crippen molar-refractivity contribution in [3.63, 3.8) is 0 Å². The number of benzene rings is 1. The quantitative estimate of drug-likeness (QED) is 0.780. The molecule has 1 fully saturated rings. The van der Waals surface area contributed by atoms with E-state index in [1.807, 2.05) is 0 Å². The number of hydrogen-bond donors (Lipinski definition) is 0. The van der Waals surface area contributed by atoms with Crippen LogP contribution in [0.15, 0.2) is 30.3 Å². The zero-order valence-electron chi connectivity index (χ0n) is 15.5. The van der Waals surface area contributed by atoms with Gasteiger partial charge in [-0.2, -0.15) is 18.3 Å². The standard InChI is InChI=1S/C19H19F3N4O3/c20-19(21,22)14-3-1-13(2-4-14)12-25-5-6-26-16(18(25)28)11-15(23-26)17(27)24-7-9-29-10-8-24/h1-4,11H,5-10,12H2. The van der Waals surface area contributed by atoms with Crippen LogP contribution >= 0.6 is 0 Å². The Bertz CT molecular complexity index is 918. The molecule has 0 bridgehead atoms. The van der Waals surface area contributed by atoms with Crippen molar-refractivity contribution in [1.82, 2.24) is 19.6 Å². The predicted molar refractivity (Wildman–Crippen MR) is 95.1 cm³/mol. The number of amides is 2. The molecule has 1 aromatic heterocycles. The summed E-state index contributed by atoms with van der Waals surface area (Å²) in [7, 11) is 0. The van der Waals surface area contributed by atoms with Gasteiger partial charge in [-0.1, -0.05) is 12.1 Å². The molecular formula is C19H19F3N4O3. The summed E-state index contributed by atoms with van der Waals surface area (Å²) in [5.74, 6) is -0.540. The molecule has 0 unspecified atom stereocenters. The number of carbonyl (C=O) groups is 2. The molecule has 0 spiro atoms. The topological polar surface area (TPSA) is 67.7 Å². The Labute approximate surface area is 164 Å². The molecular weight excluding hydrogens is 389 g/mol. The minimum atomic E-state index is -4.39. The molecule has 0 saturated carbocycles. The van der Waals surface area contributed by atoms with Crippen molar-refractivity contribution in [3.8, 4) is 0 Å². The lowest BCUT2D eigenvalue weighted by atomic mass is 10.1. The van der Waals surface area contributed by atoms with Crippen LogP contribution in [0.1, 0.15) is 32.1 Å². The number of rotatable bonds is 3. The molecule has 10 heteroatoms. The van der Waals surface area contributed by atoms with Gasteiger partial charge in [-0.15, -0.1) is 0 Å². The van der Waals surface area contributed by atoms with Crippen molar-refractivity contribution in [3.05, 3.63) is 52.8 Å². The average Bonchev–Trinajstić information content (AvgIpc) is 3.15. The molecule has 2 amide bonds. The van der Waals surface area contributed by atoms with Crippen LogP contribution in [0, 0.1) is 0 Å². The van der Waals surface area contributed by atoms with E-state index >= 15 is 0 Å². The van der Waals surface area contributed by atoms with Crippen LogP contribution in [-0.2, 0) is 24.0 Å². The fraction of sp³-hybridized carbons (Fsp3) is 0.421. The van der Waals surface area contributed by atoms with Gasteiger partial charge in [-0.3, -0.25) is 14.3 Å². The number of carbonyl (C=O) groups excluding carboxylic acids is 2. The highest BCUT2D eigenvalue weighted by Crippen LogP contribution is 2.29. The Morgan fingerprint density at radius 3 is 2.41 bits per heavy atom. The van der Waals surface area contributed by atoms with Gasteiger partial charge < -0.3 is 14.5 Å². The molecule has 29 heavy (non-hydrogen) atoms. The highest BCUT2D eigenvalue weighted by atomic mass is 19.4.